The Kier molecular flexibility index (Phi) is 3.05. The summed E-state index contributed by atoms with van der Waals surface area (Å²) in [5.41, 5.74) is 0.582. The number of aryl methyl sites for hydroxylation is 1. The van der Waals surface area contributed by atoms with Gasteiger partial charge in [-0.05, 0) is 36.4 Å². The van der Waals surface area contributed by atoms with Crippen LogP contribution in [0.4, 0.5) is 0 Å². The molecule has 0 saturated carbocycles. The van der Waals surface area contributed by atoms with Gasteiger partial charge in [0.15, 0.2) is 0 Å². The maximum absolute atomic E-state index is 11.6. The van der Waals surface area contributed by atoms with E-state index in [1.54, 1.807) is 24.4 Å². The normalized spacial score (nSPS) is 11.1. The summed E-state index contributed by atoms with van der Waals surface area (Å²) < 4.78 is 5.45. The summed E-state index contributed by atoms with van der Waals surface area (Å²) >= 11 is 0. The lowest BCUT2D eigenvalue weighted by Crippen LogP contribution is -1.92. The van der Waals surface area contributed by atoms with Gasteiger partial charge in [-0.3, -0.25) is 4.79 Å². The topological polar surface area (TPSA) is 46.0 Å². The minimum Gasteiger partial charge on any atom is -0.462 e. The summed E-state index contributed by atoms with van der Waals surface area (Å²) in [5.74, 6) is 1.57. The smallest absolute Gasteiger partial charge is 0.202 e. The molecular weight excluding hydrogens is 202 g/mol. The second-order valence-electron chi connectivity index (χ2n) is 3.44. The van der Waals surface area contributed by atoms with Crippen LogP contribution in [0.5, 0.6) is 0 Å². The van der Waals surface area contributed by atoms with E-state index in [1.165, 1.54) is 6.08 Å². The second kappa shape index (κ2) is 4.66. The van der Waals surface area contributed by atoms with Crippen molar-refractivity contribution in [3.8, 4) is 0 Å². The number of nitrogens with one attached hydrogen (secondary N) is 1. The number of aromatic nitrogens is 1. The van der Waals surface area contributed by atoms with E-state index < -0.39 is 0 Å². The van der Waals surface area contributed by atoms with Crippen LogP contribution in [0, 0.1) is 0 Å². The average Bonchev–Trinajstić information content (AvgIpc) is 2.96. The zero-order valence-electron chi connectivity index (χ0n) is 9.07. The molecule has 3 nitrogen and oxygen atoms in total. The quantitative estimate of drug-likeness (QED) is 0.629. The molecule has 2 aromatic heterocycles. The van der Waals surface area contributed by atoms with Gasteiger partial charge < -0.3 is 9.40 Å². The van der Waals surface area contributed by atoms with E-state index in [1.807, 2.05) is 19.1 Å². The first-order chi connectivity index (χ1) is 7.79. The molecule has 0 radical (unpaired) electrons. The summed E-state index contributed by atoms with van der Waals surface area (Å²) in [5, 5.41) is 0. The van der Waals surface area contributed by atoms with Crippen molar-refractivity contribution >= 4 is 11.9 Å². The number of ketones is 1. The molecule has 2 aromatic rings. The number of carbonyl (C=O) groups is 1. The van der Waals surface area contributed by atoms with Crippen LogP contribution < -0.4 is 0 Å². The van der Waals surface area contributed by atoms with Crippen molar-refractivity contribution in [1.29, 1.82) is 0 Å². The molecule has 0 spiro atoms. The van der Waals surface area contributed by atoms with Crippen molar-refractivity contribution in [1.82, 2.24) is 4.98 Å². The highest BCUT2D eigenvalue weighted by molar-refractivity contribution is 6.05. The summed E-state index contributed by atoms with van der Waals surface area (Å²) in [7, 11) is 0. The molecule has 0 aliphatic rings. The van der Waals surface area contributed by atoms with Crippen molar-refractivity contribution in [2.45, 2.75) is 13.3 Å². The average molecular weight is 215 g/mol. The highest BCUT2D eigenvalue weighted by atomic mass is 16.3. The number of furan rings is 1. The molecule has 0 aromatic carbocycles. The number of hydrogen-bond acceptors (Lipinski definition) is 2. The van der Waals surface area contributed by atoms with Crippen molar-refractivity contribution in [3.63, 3.8) is 0 Å². The van der Waals surface area contributed by atoms with E-state index in [9.17, 15) is 4.79 Å². The molecule has 0 bridgehead atoms. The number of aromatic amines is 1. The SMILES string of the molecule is CCc1ccc(/C=C/C(=O)c2ccc[nH]2)o1. The number of hydrogen-bond donors (Lipinski definition) is 1. The Hall–Kier alpha value is -2.03. The van der Waals surface area contributed by atoms with Gasteiger partial charge in [0.05, 0.1) is 5.69 Å². The van der Waals surface area contributed by atoms with E-state index in [4.69, 9.17) is 4.42 Å². The summed E-state index contributed by atoms with van der Waals surface area (Å²) in [6.45, 7) is 2.02. The number of H-pyrrole nitrogens is 1. The second-order valence-corrected chi connectivity index (χ2v) is 3.44. The third kappa shape index (κ3) is 2.31. The number of carbonyl (C=O) groups excluding carboxylic acids is 1. The Labute approximate surface area is 93.8 Å². The molecule has 0 fully saturated rings. The van der Waals surface area contributed by atoms with Crippen LogP contribution in [0.1, 0.15) is 28.9 Å². The van der Waals surface area contributed by atoms with Gasteiger partial charge in [0.1, 0.15) is 11.5 Å². The van der Waals surface area contributed by atoms with Crippen LogP contribution in [-0.4, -0.2) is 10.8 Å². The first-order valence-electron chi connectivity index (χ1n) is 5.24. The lowest BCUT2D eigenvalue weighted by Gasteiger charge is -1.89. The van der Waals surface area contributed by atoms with E-state index in [-0.39, 0.29) is 5.78 Å². The van der Waals surface area contributed by atoms with E-state index in [0.717, 1.165) is 12.2 Å². The lowest BCUT2D eigenvalue weighted by atomic mass is 10.2. The summed E-state index contributed by atoms with van der Waals surface area (Å²) in [6, 6.07) is 7.31. The molecule has 3 heteroatoms. The van der Waals surface area contributed by atoms with Crippen molar-refractivity contribution in [3.05, 3.63) is 53.8 Å². The first kappa shape index (κ1) is 10.5. The molecule has 0 atom stereocenters. The third-order valence-corrected chi connectivity index (χ3v) is 2.29. The number of allylic oxidation sites excluding steroid dienone is 1. The maximum atomic E-state index is 11.6. The van der Waals surface area contributed by atoms with Crippen LogP contribution in [0.25, 0.3) is 6.08 Å². The van der Waals surface area contributed by atoms with Gasteiger partial charge in [-0.1, -0.05) is 6.92 Å². The van der Waals surface area contributed by atoms with Crippen molar-refractivity contribution < 1.29 is 9.21 Å². The van der Waals surface area contributed by atoms with Gasteiger partial charge in [0.2, 0.25) is 5.78 Å². The van der Waals surface area contributed by atoms with Gasteiger partial charge in [-0.2, -0.15) is 0 Å². The third-order valence-electron chi connectivity index (χ3n) is 2.29. The summed E-state index contributed by atoms with van der Waals surface area (Å²) in [6.07, 6.45) is 5.77. The fourth-order valence-corrected chi connectivity index (χ4v) is 1.41. The standard InChI is InChI=1S/C13H13NO2/c1-2-10-5-6-11(16-10)7-8-13(15)12-4-3-9-14-12/h3-9,14H,2H2,1H3/b8-7+. The Morgan fingerprint density at radius 1 is 1.44 bits per heavy atom. The lowest BCUT2D eigenvalue weighted by molar-refractivity contribution is 0.104. The Morgan fingerprint density at radius 3 is 2.94 bits per heavy atom. The van der Waals surface area contributed by atoms with E-state index in [0.29, 0.717) is 11.5 Å². The van der Waals surface area contributed by atoms with Crippen LogP contribution in [-0.2, 0) is 6.42 Å². The van der Waals surface area contributed by atoms with Gasteiger partial charge in [-0.25, -0.2) is 0 Å². The monoisotopic (exact) mass is 215 g/mol. The highest BCUT2D eigenvalue weighted by Crippen LogP contribution is 2.10. The van der Waals surface area contributed by atoms with Crippen LogP contribution in [0.2, 0.25) is 0 Å². The first-order valence-corrected chi connectivity index (χ1v) is 5.24. The predicted molar refractivity (Wildman–Crippen MR) is 62.2 cm³/mol. The van der Waals surface area contributed by atoms with Gasteiger partial charge in [-0.15, -0.1) is 0 Å². The van der Waals surface area contributed by atoms with E-state index >= 15 is 0 Å². The van der Waals surface area contributed by atoms with Gasteiger partial charge in [0, 0.05) is 12.6 Å². The molecule has 0 aliphatic heterocycles. The maximum Gasteiger partial charge on any atom is 0.202 e. The predicted octanol–water partition coefficient (Wildman–Crippen LogP) is 3.07. The zero-order valence-corrected chi connectivity index (χ0v) is 9.07. The molecule has 16 heavy (non-hydrogen) atoms. The largest absolute Gasteiger partial charge is 0.462 e. The molecular formula is C13H13NO2. The Balaban J connectivity index is 2.07. The fourth-order valence-electron chi connectivity index (χ4n) is 1.41. The minimum atomic E-state index is -0.0561. The van der Waals surface area contributed by atoms with Gasteiger partial charge >= 0.3 is 0 Å². The number of rotatable bonds is 4. The fraction of sp³-hybridized carbons (Fsp3) is 0.154. The van der Waals surface area contributed by atoms with Crippen LogP contribution in [0.3, 0.4) is 0 Å². The highest BCUT2D eigenvalue weighted by Gasteiger charge is 2.02. The van der Waals surface area contributed by atoms with Gasteiger partial charge in [0.25, 0.3) is 0 Å². The van der Waals surface area contributed by atoms with Crippen molar-refractivity contribution in [2.24, 2.45) is 0 Å². The molecule has 0 unspecified atom stereocenters. The Morgan fingerprint density at radius 2 is 2.31 bits per heavy atom. The van der Waals surface area contributed by atoms with E-state index in [2.05, 4.69) is 4.98 Å². The van der Waals surface area contributed by atoms with Crippen LogP contribution >= 0.6 is 0 Å². The van der Waals surface area contributed by atoms with Crippen LogP contribution in [0.15, 0.2) is 41.0 Å². The summed E-state index contributed by atoms with van der Waals surface area (Å²) in [4.78, 5) is 14.5. The Bertz CT molecular complexity index is 492. The molecule has 0 aliphatic carbocycles. The molecule has 82 valence electrons. The molecule has 2 rings (SSSR count). The molecule has 1 N–H and O–H groups in total. The minimum absolute atomic E-state index is 0.0561. The zero-order chi connectivity index (χ0) is 11.4. The molecule has 0 amide bonds. The molecule has 2 heterocycles. The van der Waals surface area contributed by atoms with Crippen molar-refractivity contribution in [2.75, 3.05) is 0 Å². The molecule has 0 saturated heterocycles.